The van der Waals surface area contributed by atoms with Crippen LogP contribution in [0.1, 0.15) is 11.3 Å². The van der Waals surface area contributed by atoms with Gasteiger partial charge in [0, 0.05) is 0 Å². The van der Waals surface area contributed by atoms with Crippen LogP contribution in [0.3, 0.4) is 0 Å². The minimum Gasteiger partial charge on any atom is -0.384 e. The number of anilines is 1. The van der Waals surface area contributed by atoms with Crippen molar-refractivity contribution < 1.29 is 0 Å². The molecule has 0 radical (unpaired) electrons. The van der Waals surface area contributed by atoms with Gasteiger partial charge in [-0.05, 0) is 30.5 Å². The zero-order chi connectivity index (χ0) is 8.97. The monoisotopic (exact) mass is 178 g/mol. The molecule has 0 spiro atoms. The first-order chi connectivity index (χ1) is 5.72. The van der Waals surface area contributed by atoms with Gasteiger partial charge in [0.05, 0.1) is 5.75 Å². The van der Waals surface area contributed by atoms with Crippen molar-refractivity contribution in [3.05, 3.63) is 23.4 Å². The molecule has 0 aliphatic carbocycles. The van der Waals surface area contributed by atoms with Crippen molar-refractivity contribution in [1.82, 2.24) is 4.98 Å². The summed E-state index contributed by atoms with van der Waals surface area (Å²) >= 11 is 3.97. The number of nitrogens with zero attached hydrogens (tertiary/aromatic N) is 1. The lowest BCUT2D eigenvalue weighted by Gasteiger charge is -1.96. The Balaban J connectivity index is 3.01. The molecule has 2 nitrogen and oxygen atoms in total. The van der Waals surface area contributed by atoms with Crippen LogP contribution in [0.15, 0.2) is 12.1 Å². The van der Waals surface area contributed by atoms with Crippen LogP contribution in [0.5, 0.6) is 0 Å². The zero-order valence-electron chi connectivity index (χ0n) is 6.83. The van der Waals surface area contributed by atoms with Crippen LogP contribution < -0.4 is 5.73 Å². The molecule has 0 aliphatic heterocycles. The number of nitrogens with two attached hydrogens (primary N) is 1. The van der Waals surface area contributed by atoms with Gasteiger partial charge in [0.25, 0.3) is 0 Å². The molecule has 0 bridgehead atoms. The second-order valence-corrected chi connectivity index (χ2v) is 2.73. The quantitative estimate of drug-likeness (QED) is 0.463. The number of thiol groups is 1. The molecule has 1 aromatic rings. The summed E-state index contributed by atoms with van der Waals surface area (Å²) in [6, 6.07) is 3.71. The number of rotatable bonds is 0. The fourth-order valence-electron chi connectivity index (χ4n) is 0.888. The Kier molecular flexibility index (Phi) is 3.01. The van der Waals surface area contributed by atoms with Gasteiger partial charge in [-0.25, -0.2) is 4.98 Å². The summed E-state index contributed by atoms with van der Waals surface area (Å²) in [6.45, 7) is 1.96. The van der Waals surface area contributed by atoms with E-state index < -0.39 is 0 Å². The van der Waals surface area contributed by atoms with Crippen LogP contribution >= 0.6 is 12.6 Å². The maximum atomic E-state index is 5.53. The van der Waals surface area contributed by atoms with E-state index in [1.165, 1.54) is 0 Å². The van der Waals surface area contributed by atoms with Crippen molar-refractivity contribution >= 4 is 18.4 Å². The predicted molar refractivity (Wildman–Crippen MR) is 54.1 cm³/mol. The van der Waals surface area contributed by atoms with Gasteiger partial charge >= 0.3 is 0 Å². The molecular weight excluding hydrogens is 168 g/mol. The summed E-state index contributed by atoms with van der Waals surface area (Å²) in [4.78, 5) is 4.04. The molecule has 12 heavy (non-hydrogen) atoms. The molecule has 0 saturated carbocycles. The van der Waals surface area contributed by atoms with E-state index in [1.807, 2.05) is 19.1 Å². The Hall–Kier alpha value is -1.14. The number of hydrogen-bond donors (Lipinski definition) is 2. The third kappa shape index (κ3) is 2.48. The van der Waals surface area contributed by atoms with Crippen molar-refractivity contribution in [1.29, 1.82) is 0 Å². The number of pyridine rings is 1. The van der Waals surface area contributed by atoms with Gasteiger partial charge in [-0.3, -0.25) is 0 Å². The van der Waals surface area contributed by atoms with Gasteiger partial charge < -0.3 is 5.73 Å². The van der Waals surface area contributed by atoms with E-state index in [2.05, 4.69) is 29.5 Å². The van der Waals surface area contributed by atoms with Crippen LogP contribution in [0.2, 0.25) is 0 Å². The number of nitrogen functional groups attached to an aromatic ring is 1. The second-order valence-electron chi connectivity index (χ2n) is 2.41. The molecule has 2 N–H and O–H groups in total. The minimum absolute atomic E-state index is 0.512. The van der Waals surface area contributed by atoms with Crippen molar-refractivity contribution in [2.45, 2.75) is 6.92 Å². The van der Waals surface area contributed by atoms with Crippen molar-refractivity contribution in [3.63, 3.8) is 0 Å². The molecule has 0 fully saturated rings. The smallest absolute Gasteiger partial charge is 0.125 e. The summed E-state index contributed by atoms with van der Waals surface area (Å²) in [6.07, 6.45) is 0. The molecule has 3 heteroatoms. The lowest BCUT2D eigenvalue weighted by Crippen LogP contribution is -1.93. The Bertz CT molecular complexity index is 316. The lowest BCUT2D eigenvalue weighted by molar-refractivity contribution is 1.26. The highest BCUT2D eigenvalue weighted by molar-refractivity contribution is 7.80. The number of aryl methyl sites for hydroxylation is 1. The van der Waals surface area contributed by atoms with Gasteiger partial charge in [-0.15, -0.1) is 0 Å². The largest absolute Gasteiger partial charge is 0.384 e. The highest BCUT2D eigenvalue weighted by Gasteiger charge is 1.92. The molecule has 0 amide bonds. The Labute approximate surface area is 77.6 Å². The Morgan fingerprint density at radius 2 is 2.33 bits per heavy atom. The normalized spacial score (nSPS) is 8.83. The van der Waals surface area contributed by atoms with Crippen LogP contribution in [0.25, 0.3) is 0 Å². The predicted octanol–water partition coefficient (Wildman–Crippen LogP) is 1.25. The molecule has 0 atom stereocenters. The number of aromatic nitrogens is 1. The Morgan fingerprint density at radius 3 is 2.92 bits per heavy atom. The van der Waals surface area contributed by atoms with Gasteiger partial charge in [-0.2, -0.15) is 12.6 Å². The molecule has 1 rings (SSSR count). The van der Waals surface area contributed by atoms with Crippen molar-refractivity contribution in [3.8, 4) is 11.8 Å². The maximum Gasteiger partial charge on any atom is 0.125 e. The summed E-state index contributed by atoms with van der Waals surface area (Å²) < 4.78 is 0. The highest BCUT2D eigenvalue weighted by atomic mass is 32.1. The van der Waals surface area contributed by atoms with Gasteiger partial charge in [0.15, 0.2) is 0 Å². The second kappa shape index (κ2) is 4.03. The van der Waals surface area contributed by atoms with Crippen LogP contribution in [-0.2, 0) is 0 Å². The molecule has 0 aliphatic rings. The van der Waals surface area contributed by atoms with Crippen LogP contribution in [0, 0.1) is 18.8 Å². The van der Waals surface area contributed by atoms with Gasteiger partial charge in [0.2, 0.25) is 0 Å². The van der Waals surface area contributed by atoms with Crippen LogP contribution in [-0.4, -0.2) is 10.7 Å². The average molecular weight is 178 g/mol. The van der Waals surface area contributed by atoms with E-state index in [0.717, 1.165) is 5.56 Å². The molecule has 1 aromatic heterocycles. The van der Waals surface area contributed by atoms with E-state index in [-0.39, 0.29) is 0 Å². The lowest BCUT2D eigenvalue weighted by atomic mass is 10.2. The summed E-state index contributed by atoms with van der Waals surface area (Å²) in [5.41, 5.74) is 7.32. The fraction of sp³-hybridized carbons (Fsp3) is 0.222. The first kappa shape index (κ1) is 8.95. The van der Waals surface area contributed by atoms with Crippen molar-refractivity contribution in [2.75, 3.05) is 11.5 Å². The summed E-state index contributed by atoms with van der Waals surface area (Å²) in [5, 5.41) is 0. The van der Waals surface area contributed by atoms with Gasteiger partial charge in [-0.1, -0.05) is 5.92 Å². The zero-order valence-corrected chi connectivity index (χ0v) is 7.73. The van der Waals surface area contributed by atoms with Gasteiger partial charge in [0.1, 0.15) is 11.5 Å². The Morgan fingerprint density at radius 1 is 1.58 bits per heavy atom. The molecule has 62 valence electrons. The van der Waals surface area contributed by atoms with Crippen molar-refractivity contribution in [2.24, 2.45) is 0 Å². The van der Waals surface area contributed by atoms with E-state index in [4.69, 9.17) is 5.73 Å². The average Bonchev–Trinajstić information content (AvgIpc) is 1.99. The van der Waals surface area contributed by atoms with E-state index >= 15 is 0 Å². The van der Waals surface area contributed by atoms with E-state index in [9.17, 15) is 0 Å². The molecule has 0 aromatic carbocycles. The topological polar surface area (TPSA) is 38.9 Å². The van der Waals surface area contributed by atoms with Crippen LogP contribution in [0.4, 0.5) is 5.82 Å². The third-order valence-corrected chi connectivity index (χ3v) is 1.44. The number of hydrogen-bond acceptors (Lipinski definition) is 3. The SMILES string of the molecule is Cc1cc(N)nc(C#CCS)c1. The minimum atomic E-state index is 0.512. The fourth-order valence-corrected chi connectivity index (χ4v) is 0.967. The summed E-state index contributed by atoms with van der Waals surface area (Å²) in [5.74, 6) is 6.72. The highest BCUT2D eigenvalue weighted by Crippen LogP contribution is 2.04. The maximum absolute atomic E-state index is 5.53. The van der Waals surface area contributed by atoms with E-state index in [1.54, 1.807) is 0 Å². The molecular formula is C9H10N2S. The standard InChI is InChI=1S/C9H10N2S/c1-7-5-8(3-2-4-12)11-9(10)6-7/h5-6,12H,4H2,1H3,(H2,10,11). The third-order valence-electron chi connectivity index (χ3n) is 1.29. The molecule has 1 heterocycles. The molecule has 0 saturated heterocycles. The van der Waals surface area contributed by atoms with E-state index in [0.29, 0.717) is 17.3 Å². The first-order valence-electron chi connectivity index (χ1n) is 3.56. The molecule has 0 unspecified atom stereocenters. The first-order valence-corrected chi connectivity index (χ1v) is 4.19. The summed E-state index contributed by atoms with van der Waals surface area (Å²) in [7, 11) is 0.